The van der Waals surface area contributed by atoms with Crippen LogP contribution in [0.1, 0.15) is 16.8 Å². The minimum atomic E-state index is -0.0724. The van der Waals surface area contributed by atoms with Gasteiger partial charge in [0.05, 0.1) is 12.1 Å². The predicted octanol–water partition coefficient (Wildman–Crippen LogP) is 3.89. The smallest absolute Gasteiger partial charge is 0.230 e. The first-order chi connectivity index (χ1) is 10.5. The SMILES string of the molecule is Cc1ccc(NC(=O)Cc2cn3cccc(C)c3n2)cc1Br. The number of nitrogens with zero attached hydrogens (tertiary/aromatic N) is 2. The fourth-order valence-corrected chi connectivity index (χ4v) is 2.71. The van der Waals surface area contributed by atoms with Gasteiger partial charge in [-0.3, -0.25) is 4.79 Å². The van der Waals surface area contributed by atoms with E-state index >= 15 is 0 Å². The number of aryl methyl sites for hydroxylation is 2. The Bertz CT molecular complexity index is 854. The van der Waals surface area contributed by atoms with E-state index in [2.05, 4.69) is 26.2 Å². The molecule has 0 unspecified atom stereocenters. The number of nitrogens with one attached hydrogen (secondary N) is 1. The molecule has 4 nitrogen and oxygen atoms in total. The zero-order valence-corrected chi connectivity index (χ0v) is 14.0. The van der Waals surface area contributed by atoms with Gasteiger partial charge in [-0.15, -0.1) is 0 Å². The molecule has 3 aromatic rings. The maximum Gasteiger partial charge on any atom is 0.230 e. The van der Waals surface area contributed by atoms with Gasteiger partial charge in [0.25, 0.3) is 0 Å². The van der Waals surface area contributed by atoms with Crippen molar-refractivity contribution in [1.82, 2.24) is 9.38 Å². The molecular weight excluding hydrogens is 342 g/mol. The number of pyridine rings is 1. The molecule has 22 heavy (non-hydrogen) atoms. The van der Waals surface area contributed by atoms with E-state index in [1.54, 1.807) is 0 Å². The zero-order chi connectivity index (χ0) is 15.7. The molecule has 2 heterocycles. The van der Waals surface area contributed by atoms with Crippen molar-refractivity contribution in [2.75, 3.05) is 5.32 Å². The zero-order valence-electron chi connectivity index (χ0n) is 12.4. The van der Waals surface area contributed by atoms with Crippen LogP contribution in [0, 0.1) is 13.8 Å². The number of hydrogen-bond donors (Lipinski definition) is 1. The minimum absolute atomic E-state index is 0.0724. The Morgan fingerprint density at radius 2 is 2.09 bits per heavy atom. The van der Waals surface area contributed by atoms with Crippen molar-refractivity contribution in [1.29, 1.82) is 0 Å². The summed E-state index contributed by atoms with van der Waals surface area (Å²) >= 11 is 3.47. The van der Waals surface area contributed by atoms with E-state index in [1.165, 1.54) is 0 Å². The number of carbonyl (C=O) groups excluding carboxylic acids is 1. The third kappa shape index (κ3) is 3.04. The van der Waals surface area contributed by atoms with Gasteiger partial charge in [0.1, 0.15) is 5.65 Å². The quantitative estimate of drug-likeness (QED) is 0.772. The molecule has 0 aliphatic carbocycles. The lowest BCUT2D eigenvalue weighted by molar-refractivity contribution is -0.115. The Balaban J connectivity index is 1.75. The number of amides is 1. The number of carbonyl (C=O) groups is 1. The van der Waals surface area contributed by atoms with Gasteiger partial charge >= 0.3 is 0 Å². The number of aromatic nitrogens is 2. The Labute approximate surface area is 137 Å². The van der Waals surface area contributed by atoms with Crippen LogP contribution in [0.2, 0.25) is 0 Å². The lowest BCUT2D eigenvalue weighted by atomic mass is 10.2. The van der Waals surface area contributed by atoms with Crippen LogP contribution in [-0.2, 0) is 11.2 Å². The molecule has 2 aromatic heterocycles. The van der Waals surface area contributed by atoms with Crippen LogP contribution >= 0.6 is 15.9 Å². The van der Waals surface area contributed by atoms with Crippen LogP contribution in [0.25, 0.3) is 5.65 Å². The van der Waals surface area contributed by atoms with Gasteiger partial charge in [0, 0.05) is 22.6 Å². The minimum Gasteiger partial charge on any atom is -0.326 e. The summed E-state index contributed by atoms with van der Waals surface area (Å²) in [5.41, 5.74) is 4.66. The van der Waals surface area contributed by atoms with Gasteiger partial charge in [-0.1, -0.05) is 28.1 Å². The summed E-state index contributed by atoms with van der Waals surface area (Å²) in [6.45, 7) is 4.02. The molecule has 1 aromatic carbocycles. The second kappa shape index (κ2) is 5.93. The highest BCUT2D eigenvalue weighted by Gasteiger charge is 2.09. The Kier molecular flexibility index (Phi) is 3.98. The van der Waals surface area contributed by atoms with Crippen molar-refractivity contribution < 1.29 is 4.79 Å². The fraction of sp³-hybridized carbons (Fsp3) is 0.176. The lowest BCUT2D eigenvalue weighted by Gasteiger charge is -2.06. The molecule has 0 aliphatic heterocycles. The molecule has 0 fully saturated rings. The highest BCUT2D eigenvalue weighted by atomic mass is 79.9. The summed E-state index contributed by atoms with van der Waals surface area (Å²) in [7, 11) is 0. The van der Waals surface area contributed by atoms with Crippen LogP contribution in [0.4, 0.5) is 5.69 Å². The third-order valence-electron chi connectivity index (χ3n) is 3.53. The number of anilines is 1. The van der Waals surface area contributed by atoms with E-state index in [1.807, 2.05) is 61.0 Å². The number of fused-ring (bicyclic) bond motifs is 1. The first-order valence-electron chi connectivity index (χ1n) is 7.02. The first kappa shape index (κ1) is 14.8. The van der Waals surface area contributed by atoms with Crippen LogP contribution in [0.5, 0.6) is 0 Å². The van der Waals surface area contributed by atoms with Crippen molar-refractivity contribution in [2.45, 2.75) is 20.3 Å². The molecule has 0 atom stereocenters. The largest absolute Gasteiger partial charge is 0.326 e. The van der Waals surface area contributed by atoms with E-state index in [9.17, 15) is 4.79 Å². The Morgan fingerprint density at radius 3 is 2.82 bits per heavy atom. The van der Waals surface area contributed by atoms with Gasteiger partial charge in [-0.25, -0.2) is 4.98 Å². The molecule has 5 heteroatoms. The van der Waals surface area contributed by atoms with Gasteiger partial charge < -0.3 is 9.72 Å². The van der Waals surface area contributed by atoms with E-state index in [0.717, 1.165) is 32.6 Å². The van der Waals surface area contributed by atoms with Gasteiger partial charge in [-0.05, 0) is 43.2 Å². The number of halogens is 1. The molecule has 0 bridgehead atoms. The highest BCUT2D eigenvalue weighted by molar-refractivity contribution is 9.10. The van der Waals surface area contributed by atoms with Crippen molar-refractivity contribution >= 4 is 33.2 Å². The number of imidazole rings is 1. The third-order valence-corrected chi connectivity index (χ3v) is 4.38. The number of benzene rings is 1. The van der Waals surface area contributed by atoms with Gasteiger partial charge in [0.15, 0.2) is 0 Å². The number of hydrogen-bond acceptors (Lipinski definition) is 2. The molecular formula is C17H16BrN3O. The summed E-state index contributed by atoms with van der Waals surface area (Å²) in [6, 6.07) is 9.74. The average Bonchev–Trinajstić information content (AvgIpc) is 2.87. The topological polar surface area (TPSA) is 46.4 Å². The molecule has 0 aliphatic rings. The van der Waals surface area contributed by atoms with Crippen LogP contribution in [-0.4, -0.2) is 15.3 Å². The Hall–Kier alpha value is -2.14. The summed E-state index contributed by atoms with van der Waals surface area (Å²) < 4.78 is 2.93. The van der Waals surface area contributed by atoms with Crippen molar-refractivity contribution in [3.8, 4) is 0 Å². The van der Waals surface area contributed by atoms with E-state index in [0.29, 0.717) is 0 Å². The van der Waals surface area contributed by atoms with Crippen molar-refractivity contribution in [2.24, 2.45) is 0 Å². The van der Waals surface area contributed by atoms with Crippen LogP contribution in [0.15, 0.2) is 47.2 Å². The standard InChI is InChI=1S/C17H16BrN3O/c1-11-5-6-13(8-15(11)18)19-16(22)9-14-10-21-7-3-4-12(2)17(21)20-14/h3-8,10H,9H2,1-2H3,(H,19,22). The maximum atomic E-state index is 12.2. The monoisotopic (exact) mass is 357 g/mol. The van der Waals surface area contributed by atoms with E-state index in [-0.39, 0.29) is 12.3 Å². The van der Waals surface area contributed by atoms with Crippen LogP contribution in [0.3, 0.4) is 0 Å². The second-order valence-corrected chi connectivity index (χ2v) is 6.20. The van der Waals surface area contributed by atoms with E-state index in [4.69, 9.17) is 0 Å². The summed E-state index contributed by atoms with van der Waals surface area (Å²) in [5.74, 6) is -0.0724. The van der Waals surface area contributed by atoms with Gasteiger partial charge in [0.2, 0.25) is 5.91 Å². The molecule has 0 radical (unpaired) electrons. The van der Waals surface area contributed by atoms with E-state index < -0.39 is 0 Å². The fourth-order valence-electron chi connectivity index (χ4n) is 2.33. The predicted molar refractivity (Wildman–Crippen MR) is 91.1 cm³/mol. The maximum absolute atomic E-state index is 12.2. The molecule has 0 saturated carbocycles. The first-order valence-corrected chi connectivity index (χ1v) is 7.81. The second-order valence-electron chi connectivity index (χ2n) is 5.34. The molecule has 0 saturated heterocycles. The Morgan fingerprint density at radius 1 is 1.27 bits per heavy atom. The molecule has 0 spiro atoms. The summed E-state index contributed by atoms with van der Waals surface area (Å²) in [4.78, 5) is 16.7. The molecule has 1 amide bonds. The average molecular weight is 358 g/mol. The highest BCUT2D eigenvalue weighted by Crippen LogP contribution is 2.20. The normalized spacial score (nSPS) is 10.9. The molecule has 112 valence electrons. The summed E-state index contributed by atoms with van der Waals surface area (Å²) in [6.07, 6.45) is 4.09. The summed E-state index contributed by atoms with van der Waals surface area (Å²) in [5, 5.41) is 2.90. The van der Waals surface area contributed by atoms with Gasteiger partial charge in [-0.2, -0.15) is 0 Å². The molecule has 3 rings (SSSR count). The van der Waals surface area contributed by atoms with Crippen LogP contribution < -0.4 is 5.32 Å². The lowest BCUT2D eigenvalue weighted by Crippen LogP contribution is -2.14. The van der Waals surface area contributed by atoms with Crippen molar-refractivity contribution in [3.05, 3.63) is 64.0 Å². The van der Waals surface area contributed by atoms with Crippen molar-refractivity contribution in [3.63, 3.8) is 0 Å². The molecule has 1 N–H and O–H groups in total. The number of rotatable bonds is 3.